The first-order valence-corrected chi connectivity index (χ1v) is 7.81. The third kappa shape index (κ3) is 5.47. The predicted molar refractivity (Wildman–Crippen MR) is 82.2 cm³/mol. The van der Waals surface area contributed by atoms with Crippen LogP contribution in [0.2, 0.25) is 0 Å². The van der Waals surface area contributed by atoms with Crippen LogP contribution >= 0.6 is 0 Å². The average Bonchev–Trinajstić information content (AvgIpc) is 2.48. The summed E-state index contributed by atoms with van der Waals surface area (Å²) in [5, 5.41) is 0. The summed E-state index contributed by atoms with van der Waals surface area (Å²) in [6.07, 6.45) is 3.62. The van der Waals surface area contributed by atoms with Crippen molar-refractivity contribution >= 4 is 10.1 Å². The van der Waals surface area contributed by atoms with Crippen LogP contribution < -0.4 is 0 Å². The maximum atomic E-state index is 12.6. The number of rotatable bonds is 7. The summed E-state index contributed by atoms with van der Waals surface area (Å²) in [5.41, 5.74) is -2.01. The highest BCUT2D eigenvalue weighted by Crippen LogP contribution is 2.25. The molecule has 0 N–H and O–H groups in total. The molecule has 4 heteroatoms. The third-order valence-corrected chi connectivity index (χ3v) is 4.05. The lowest BCUT2D eigenvalue weighted by atomic mass is 10.0. The molecule has 0 saturated heterocycles. The zero-order chi connectivity index (χ0) is 20.2. The van der Waals surface area contributed by atoms with E-state index in [9.17, 15) is 8.42 Å². The second-order valence-electron chi connectivity index (χ2n) is 4.64. The lowest BCUT2D eigenvalue weighted by Gasteiger charge is -2.24. The summed E-state index contributed by atoms with van der Waals surface area (Å²) < 4.78 is 76.5. The molecule has 1 aromatic carbocycles. The monoisotopic (exact) mass is 302 g/mol. The summed E-state index contributed by atoms with van der Waals surface area (Å²) in [5.74, 6) is 0. The van der Waals surface area contributed by atoms with Crippen LogP contribution in [0.4, 0.5) is 0 Å². The minimum atomic E-state index is -4.58. The van der Waals surface area contributed by atoms with E-state index in [0.717, 1.165) is 5.56 Å². The van der Waals surface area contributed by atoms with Gasteiger partial charge in [0.2, 0.25) is 0 Å². The van der Waals surface area contributed by atoms with E-state index in [0.29, 0.717) is 6.42 Å². The van der Waals surface area contributed by atoms with Crippen LogP contribution in [0.1, 0.15) is 53.7 Å². The SMILES string of the molecule is [2H]C([2H])([2H])C(CCC/C=C\C)(OS(=O)(=O)c1ccc(C)cc1)C([2H])([2H])[2H]. The number of benzene rings is 1. The summed E-state index contributed by atoms with van der Waals surface area (Å²) in [4.78, 5) is -0.283. The predicted octanol–water partition coefficient (Wildman–Crippen LogP) is 4.23. The number of hydrogen-bond donors (Lipinski definition) is 0. The van der Waals surface area contributed by atoms with E-state index in [1.54, 1.807) is 26.0 Å². The van der Waals surface area contributed by atoms with Crippen molar-refractivity contribution in [1.29, 1.82) is 0 Å². The van der Waals surface area contributed by atoms with Crippen LogP contribution in [0.5, 0.6) is 0 Å². The van der Waals surface area contributed by atoms with Crippen molar-refractivity contribution in [3.8, 4) is 0 Å². The van der Waals surface area contributed by atoms with Gasteiger partial charge in [-0.1, -0.05) is 29.8 Å². The van der Waals surface area contributed by atoms with Gasteiger partial charge in [-0.3, -0.25) is 4.18 Å². The third-order valence-electron chi connectivity index (χ3n) is 2.70. The number of unbranched alkanes of at least 4 members (excludes halogenated alkanes) is 1. The molecule has 0 aliphatic carbocycles. The van der Waals surface area contributed by atoms with E-state index >= 15 is 0 Å². The van der Waals surface area contributed by atoms with Crippen molar-refractivity contribution in [3.63, 3.8) is 0 Å². The second-order valence-corrected chi connectivity index (χ2v) is 6.19. The van der Waals surface area contributed by atoms with Crippen LogP contribution in [0.25, 0.3) is 0 Å². The minimum absolute atomic E-state index is 0.157. The number of aryl methyl sites for hydroxylation is 1. The highest BCUT2D eigenvalue weighted by atomic mass is 32.2. The molecule has 112 valence electrons. The lowest BCUT2D eigenvalue weighted by molar-refractivity contribution is 0.106. The fourth-order valence-corrected chi connectivity index (χ4v) is 2.64. The van der Waals surface area contributed by atoms with E-state index in [2.05, 4.69) is 0 Å². The molecular weight excluding hydrogens is 272 g/mol. The molecule has 0 bridgehead atoms. The van der Waals surface area contributed by atoms with E-state index in [-0.39, 0.29) is 11.3 Å². The maximum Gasteiger partial charge on any atom is 0.297 e. The molecule has 0 spiro atoms. The fraction of sp³-hybridized carbons (Fsp3) is 0.500. The number of allylic oxidation sites excluding steroid dienone is 2. The topological polar surface area (TPSA) is 43.4 Å². The van der Waals surface area contributed by atoms with Crippen molar-refractivity contribution < 1.29 is 20.8 Å². The molecule has 1 aromatic rings. The molecule has 0 saturated carbocycles. The highest BCUT2D eigenvalue weighted by Gasteiger charge is 2.27. The van der Waals surface area contributed by atoms with Gasteiger partial charge in [-0.25, -0.2) is 0 Å². The van der Waals surface area contributed by atoms with Gasteiger partial charge in [-0.15, -0.1) is 0 Å². The molecule has 3 nitrogen and oxygen atoms in total. The van der Waals surface area contributed by atoms with Gasteiger partial charge < -0.3 is 0 Å². The first kappa shape index (κ1) is 9.74. The molecule has 20 heavy (non-hydrogen) atoms. The molecule has 1 rings (SSSR count). The first-order valence-electron chi connectivity index (χ1n) is 9.40. The largest absolute Gasteiger partial charge is 0.297 e. The van der Waals surface area contributed by atoms with Gasteiger partial charge in [0.1, 0.15) is 0 Å². The van der Waals surface area contributed by atoms with Crippen LogP contribution in [-0.4, -0.2) is 14.0 Å². The smallest absolute Gasteiger partial charge is 0.260 e. The van der Waals surface area contributed by atoms with E-state index in [4.69, 9.17) is 12.4 Å². The van der Waals surface area contributed by atoms with Gasteiger partial charge in [0, 0.05) is 8.22 Å². The Morgan fingerprint density at radius 1 is 1.30 bits per heavy atom. The van der Waals surface area contributed by atoms with Crippen molar-refractivity contribution in [2.75, 3.05) is 0 Å². The van der Waals surface area contributed by atoms with Gasteiger partial charge in [0.15, 0.2) is 0 Å². The van der Waals surface area contributed by atoms with Gasteiger partial charge in [-0.2, -0.15) is 8.42 Å². The molecule has 0 amide bonds. The van der Waals surface area contributed by atoms with Gasteiger partial charge in [-0.05, 0) is 58.9 Å². The normalized spacial score (nSPS) is 18.7. The van der Waals surface area contributed by atoms with E-state index in [1.165, 1.54) is 24.3 Å². The zero-order valence-electron chi connectivity index (χ0n) is 17.7. The molecule has 0 aliphatic rings. The second kappa shape index (κ2) is 7.04. The Hall–Kier alpha value is -1.13. The Morgan fingerprint density at radius 2 is 1.95 bits per heavy atom. The zero-order valence-corrected chi connectivity index (χ0v) is 12.5. The Kier molecular flexibility index (Phi) is 3.43. The van der Waals surface area contributed by atoms with Crippen molar-refractivity contribution in [2.45, 2.75) is 57.3 Å². The molecule has 0 heterocycles. The highest BCUT2D eigenvalue weighted by molar-refractivity contribution is 7.86. The Balaban J connectivity index is 3.36. The lowest BCUT2D eigenvalue weighted by Crippen LogP contribution is -2.28. The van der Waals surface area contributed by atoms with Crippen LogP contribution in [0, 0.1) is 6.92 Å². The molecule has 0 aliphatic heterocycles. The van der Waals surface area contributed by atoms with E-state index in [1.807, 2.05) is 0 Å². The summed E-state index contributed by atoms with van der Waals surface area (Å²) in [7, 11) is -4.58. The molecule has 0 unspecified atom stereocenters. The quantitative estimate of drug-likeness (QED) is 0.430. The van der Waals surface area contributed by atoms with Crippen LogP contribution in [0.15, 0.2) is 41.3 Å². The molecule has 0 aromatic heterocycles. The first-order chi connectivity index (χ1) is 11.8. The summed E-state index contributed by atoms with van der Waals surface area (Å²) in [6, 6.07) is 5.56. The standard InChI is InChI=1S/C16H24O3S/c1-5-6-7-8-13-16(3,4)19-20(17,18)15-11-9-14(2)10-12-15/h5-6,9-12H,7-8,13H2,1-4H3/b6-5-/i3D3,4D3. The Morgan fingerprint density at radius 3 is 2.50 bits per heavy atom. The molecule has 0 radical (unpaired) electrons. The van der Waals surface area contributed by atoms with Crippen LogP contribution in [0.3, 0.4) is 0 Å². The Labute approximate surface area is 131 Å². The van der Waals surface area contributed by atoms with E-state index < -0.39 is 35.8 Å². The molecule has 0 fully saturated rings. The van der Waals surface area contributed by atoms with Crippen molar-refractivity contribution in [3.05, 3.63) is 42.0 Å². The summed E-state index contributed by atoms with van der Waals surface area (Å²) in [6.45, 7) is -2.79. The summed E-state index contributed by atoms with van der Waals surface area (Å²) >= 11 is 0. The van der Waals surface area contributed by atoms with Gasteiger partial charge in [0.05, 0.1) is 10.5 Å². The Bertz CT molecular complexity index is 704. The van der Waals surface area contributed by atoms with Crippen LogP contribution in [-0.2, 0) is 14.3 Å². The van der Waals surface area contributed by atoms with Crippen molar-refractivity contribution in [2.24, 2.45) is 0 Å². The number of hydrogen-bond acceptors (Lipinski definition) is 3. The fourth-order valence-electron chi connectivity index (χ4n) is 1.62. The van der Waals surface area contributed by atoms with Gasteiger partial charge >= 0.3 is 0 Å². The average molecular weight is 302 g/mol. The molecular formula is C16H24O3S. The molecule has 0 atom stereocenters. The maximum absolute atomic E-state index is 12.6. The van der Waals surface area contributed by atoms with Crippen molar-refractivity contribution in [1.82, 2.24) is 0 Å². The van der Waals surface area contributed by atoms with Gasteiger partial charge in [0.25, 0.3) is 10.1 Å². The minimum Gasteiger partial charge on any atom is -0.260 e.